The van der Waals surface area contributed by atoms with Crippen LogP contribution in [0.4, 0.5) is 0 Å². The normalized spacial score (nSPS) is 12.7. The van der Waals surface area contributed by atoms with Crippen molar-refractivity contribution in [2.75, 3.05) is 19.7 Å². The molecule has 0 radical (unpaired) electrons. The first-order valence-corrected chi connectivity index (χ1v) is 8.86. The van der Waals surface area contributed by atoms with Gasteiger partial charge < -0.3 is 24.9 Å². The lowest BCUT2D eigenvalue weighted by molar-refractivity contribution is 0.110. The summed E-state index contributed by atoms with van der Waals surface area (Å²) in [5, 5.41) is 16.3. The predicted molar refractivity (Wildman–Crippen MR) is 102 cm³/mol. The zero-order chi connectivity index (χ0) is 17.2. The molecule has 1 aromatic carbocycles. The number of hydrogen-bond donors (Lipinski definition) is 3. The van der Waals surface area contributed by atoms with Crippen LogP contribution in [0, 0.1) is 3.57 Å². The summed E-state index contributed by atoms with van der Waals surface area (Å²) < 4.78 is 12.0. The van der Waals surface area contributed by atoms with Crippen LogP contribution in [0.5, 0.6) is 5.75 Å². The van der Waals surface area contributed by atoms with Crippen LogP contribution < -0.4 is 15.4 Å². The molecule has 0 aliphatic rings. The van der Waals surface area contributed by atoms with Crippen LogP contribution in [0.15, 0.2) is 52.1 Å². The fourth-order valence-corrected chi connectivity index (χ4v) is 2.26. The molecule has 7 heteroatoms. The maximum absolute atomic E-state index is 10.0. The van der Waals surface area contributed by atoms with E-state index in [1.807, 2.05) is 43.3 Å². The van der Waals surface area contributed by atoms with E-state index >= 15 is 0 Å². The van der Waals surface area contributed by atoms with Crippen molar-refractivity contribution in [2.24, 2.45) is 4.99 Å². The minimum atomic E-state index is -0.642. The zero-order valence-electron chi connectivity index (χ0n) is 13.5. The number of nitrogens with one attached hydrogen (secondary N) is 2. The molecule has 0 fully saturated rings. The molecule has 130 valence electrons. The Bertz CT molecular complexity index is 615. The van der Waals surface area contributed by atoms with Crippen LogP contribution in [-0.2, 0) is 6.54 Å². The third kappa shape index (κ3) is 6.79. The van der Waals surface area contributed by atoms with E-state index in [2.05, 4.69) is 38.2 Å². The zero-order valence-corrected chi connectivity index (χ0v) is 15.7. The van der Waals surface area contributed by atoms with Crippen molar-refractivity contribution >= 4 is 28.6 Å². The lowest BCUT2D eigenvalue weighted by Gasteiger charge is -2.16. The molecule has 24 heavy (non-hydrogen) atoms. The summed E-state index contributed by atoms with van der Waals surface area (Å²) in [5.41, 5.74) is 0. The van der Waals surface area contributed by atoms with Gasteiger partial charge in [-0.25, -0.2) is 4.99 Å². The lowest BCUT2D eigenvalue weighted by atomic mass is 10.3. The number of halogens is 1. The Labute approximate surface area is 155 Å². The number of aliphatic hydroxyl groups excluding tert-OH is 1. The number of hydrogen-bond acceptors (Lipinski definition) is 4. The van der Waals surface area contributed by atoms with Crippen LogP contribution in [0.25, 0.3) is 0 Å². The van der Waals surface area contributed by atoms with Gasteiger partial charge in [-0.15, -0.1) is 0 Å². The number of guanidine groups is 1. The molecule has 0 bridgehead atoms. The predicted octanol–water partition coefficient (Wildman–Crippen LogP) is 2.38. The van der Waals surface area contributed by atoms with E-state index in [1.165, 1.54) is 0 Å². The average molecular weight is 443 g/mol. The van der Waals surface area contributed by atoms with E-state index in [0.29, 0.717) is 19.0 Å². The second kappa shape index (κ2) is 10.2. The summed E-state index contributed by atoms with van der Waals surface area (Å²) in [7, 11) is 0. The number of nitrogens with zero attached hydrogens (tertiary/aromatic N) is 1. The smallest absolute Gasteiger partial charge is 0.191 e. The molecular formula is C17H22IN3O3. The van der Waals surface area contributed by atoms with Crippen molar-refractivity contribution in [3.05, 3.63) is 52.0 Å². The first kappa shape index (κ1) is 18.6. The number of aliphatic hydroxyl groups is 1. The van der Waals surface area contributed by atoms with E-state index in [0.717, 1.165) is 21.6 Å². The highest BCUT2D eigenvalue weighted by atomic mass is 127. The molecule has 1 atom stereocenters. The first-order chi connectivity index (χ1) is 11.7. The van der Waals surface area contributed by atoms with Crippen molar-refractivity contribution in [3.63, 3.8) is 0 Å². The number of aliphatic imine (C=N–C) groups is 1. The molecule has 0 aliphatic carbocycles. The number of furan rings is 1. The first-order valence-electron chi connectivity index (χ1n) is 7.78. The Morgan fingerprint density at radius 1 is 1.29 bits per heavy atom. The Morgan fingerprint density at radius 3 is 2.75 bits per heavy atom. The van der Waals surface area contributed by atoms with Crippen molar-refractivity contribution in [1.29, 1.82) is 0 Å². The van der Waals surface area contributed by atoms with Crippen LogP contribution in [0.1, 0.15) is 12.7 Å². The lowest BCUT2D eigenvalue weighted by Crippen LogP contribution is -2.42. The minimum absolute atomic E-state index is 0.213. The molecule has 0 amide bonds. The fraction of sp³-hybridized carbons (Fsp3) is 0.353. The highest BCUT2D eigenvalue weighted by molar-refractivity contribution is 14.1. The van der Waals surface area contributed by atoms with Crippen molar-refractivity contribution in [3.8, 4) is 5.75 Å². The third-order valence-electron chi connectivity index (χ3n) is 3.08. The van der Waals surface area contributed by atoms with Gasteiger partial charge in [0.2, 0.25) is 0 Å². The van der Waals surface area contributed by atoms with E-state index in [4.69, 9.17) is 9.15 Å². The van der Waals surface area contributed by atoms with Crippen LogP contribution in [0.2, 0.25) is 0 Å². The maximum Gasteiger partial charge on any atom is 0.191 e. The molecule has 1 heterocycles. The van der Waals surface area contributed by atoms with Gasteiger partial charge >= 0.3 is 0 Å². The monoisotopic (exact) mass is 443 g/mol. The van der Waals surface area contributed by atoms with Gasteiger partial charge in [-0.2, -0.15) is 0 Å². The number of ether oxygens (including phenoxy) is 1. The van der Waals surface area contributed by atoms with E-state index < -0.39 is 6.10 Å². The standard InChI is InChI=1S/C17H22IN3O3/c1-2-19-17(21-11-16-4-3-9-23-16)20-10-14(22)12-24-15-7-5-13(18)6-8-15/h3-9,14,22H,2,10-12H2,1H3,(H2,19,20,21). The van der Waals surface area contributed by atoms with E-state index in [-0.39, 0.29) is 6.61 Å². The average Bonchev–Trinajstić information content (AvgIpc) is 3.10. The molecule has 2 aromatic rings. The summed E-state index contributed by atoms with van der Waals surface area (Å²) in [4.78, 5) is 4.40. The van der Waals surface area contributed by atoms with Crippen LogP contribution in [-0.4, -0.2) is 36.9 Å². The van der Waals surface area contributed by atoms with Gasteiger partial charge in [-0.3, -0.25) is 0 Å². The molecular weight excluding hydrogens is 421 g/mol. The van der Waals surface area contributed by atoms with Crippen molar-refractivity contribution in [2.45, 2.75) is 19.6 Å². The Balaban J connectivity index is 1.75. The van der Waals surface area contributed by atoms with Crippen LogP contribution >= 0.6 is 22.6 Å². The summed E-state index contributed by atoms with van der Waals surface area (Å²) in [5.74, 6) is 2.16. The molecule has 0 saturated carbocycles. The fourth-order valence-electron chi connectivity index (χ4n) is 1.90. The van der Waals surface area contributed by atoms with Crippen molar-refractivity contribution in [1.82, 2.24) is 10.6 Å². The largest absolute Gasteiger partial charge is 0.491 e. The molecule has 0 aliphatic heterocycles. The summed E-state index contributed by atoms with van der Waals surface area (Å²) in [6.45, 7) is 3.72. The van der Waals surface area contributed by atoms with Gasteiger partial charge in [0, 0.05) is 16.7 Å². The van der Waals surface area contributed by atoms with Gasteiger partial charge in [-0.1, -0.05) is 0 Å². The second-order valence-electron chi connectivity index (χ2n) is 5.07. The maximum atomic E-state index is 10.0. The molecule has 0 spiro atoms. The summed E-state index contributed by atoms with van der Waals surface area (Å²) in [6, 6.07) is 11.4. The van der Waals surface area contributed by atoms with Crippen molar-refractivity contribution < 1.29 is 14.3 Å². The topological polar surface area (TPSA) is 79.0 Å². The van der Waals surface area contributed by atoms with Gasteiger partial charge in [0.1, 0.15) is 30.8 Å². The molecule has 1 unspecified atom stereocenters. The Morgan fingerprint density at radius 2 is 2.08 bits per heavy atom. The molecule has 6 nitrogen and oxygen atoms in total. The van der Waals surface area contributed by atoms with Gasteiger partial charge in [-0.05, 0) is 65.9 Å². The van der Waals surface area contributed by atoms with E-state index in [1.54, 1.807) is 6.26 Å². The quantitative estimate of drug-likeness (QED) is 0.332. The summed E-state index contributed by atoms with van der Waals surface area (Å²) in [6.07, 6.45) is 0.980. The SMILES string of the molecule is CCNC(=NCc1ccco1)NCC(O)COc1ccc(I)cc1. The molecule has 0 saturated heterocycles. The van der Waals surface area contributed by atoms with Gasteiger partial charge in [0.15, 0.2) is 5.96 Å². The summed E-state index contributed by atoms with van der Waals surface area (Å²) >= 11 is 2.24. The third-order valence-corrected chi connectivity index (χ3v) is 3.80. The van der Waals surface area contributed by atoms with Crippen LogP contribution in [0.3, 0.4) is 0 Å². The minimum Gasteiger partial charge on any atom is -0.491 e. The Kier molecular flexibility index (Phi) is 7.90. The number of rotatable bonds is 8. The highest BCUT2D eigenvalue weighted by Gasteiger charge is 2.07. The molecule has 2 rings (SSSR count). The second-order valence-corrected chi connectivity index (χ2v) is 6.32. The number of benzene rings is 1. The Hall–Kier alpha value is -1.74. The molecule has 1 aromatic heterocycles. The highest BCUT2D eigenvalue weighted by Crippen LogP contribution is 2.13. The molecule has 3 N–H and O–H groups in total. The van der Waals surface area contributed by atoms with E-state index in [9.17, 15) is 5.11 Å². The van der Waals surface area contributed by atoms with Gasteiger partial charge in [0.05, 0.1) is 6.26 Å². The van der Waals surface area contributed by atoms with Gasteiger partial charge in [0.25, 0.3) is 0 Å².